The molecule has 1 unspecified atom stereocenters. The maximum absolute atomic E-state index is 13.0. The van der Waals surface area contributed by atoms with E-state index in [1.54, 1.807) is 14.0 Å². The largest absolute Gasteiger partial charge is 0.497 e. The van der Waals surface area contributed by atoms with E-state index in [0.717, 1.165) is 29.7 Å². The lowest BCUT2D eigenvalue weighted by atomic mass is 10.1. The van der Waals surface area contributed by atoms with Crippen molar-refractivity contribution in [1.29, 1.82) is 0 Å². The molecule has 0 radical (unpaired) electrons. The number of piperazine rings is 1. The van der Waals surface area contributed by atoms with E-state index in [0.29, 0.717) is 18.8 Å². The van der Waals surface area contributed by atoms with Crippen LogP contribution in [0.1, 0.15) is 28.5 Å². The summed E-state index contributed by atoms with van der Waals surface area (Å²) in [5.41, 5.74) is 5.23. The lowest BCUT2D eigenvalue weighted by molar-refractivity contribution is -0.133. The van der Waals surface area contributed by atoms with E-state index in [2.05, 4.69) is 42.3 Å². The number of carbonyl (C=O) groups is 2. The minimum atomic E-state index is -0.600. The van der Waals surface area contributed by atoms with Crippen LogP contribution in [-0.4, -0.2) is 60.6 Å². The number of hydrogen-bond acceptors (Lipinski definition) is 4. The van der Waals surface area contributed by atoms with Crippen LogP contribution in [-0.2, 0) is 11.8 Å². The van der Waals surface area contributed by atoms with Gasteiger partial charge in [0.05, 0.1) is 7.11 Å². The van der Waals surface area contributed by atoms with Crippen molar-refractivity contribution < 1.29 is 14.3 Å². The summed E-state index contributed by atoms with van der Waals surface area (Å²) in [6, 6.07) is 13.3. The molecule has 7 nitrogen and oxygen atoms in total. The van der Waals surface area contributed by atoms with E-state index in [1.165, 1.54) is 16.8 Å². The number of anilines is 1. The van der Waals surface area contributed by atoms with Gasteiger partial charge < -0.3 is 24.4 Å². The topological polar surface area (TPSA) is 66.8 Å². The molecule has 2 heterocycles. The molecule has 1 saturated heterocycles. The highest BCUT2D eigenvalue weighted by Gasteiger charge is 2.27. The number of aromatic nitrogens is 1. The highest BCUT2D eigenvalue weighted by molar-refractivity contribution is 6.01. The first kappa shape index (κ1) is 22.7. The first-order valence-corrected chi connectivity index (χ1v) is 11.3. The van der Waals surface area contributed by atoms with E-state index in [9.17, 15) is 9.59 Å². The van der Waals surface area contributed by atoms with E-state index in [4.69, 9.17) is 4.74 Å². The molecule has 1 aliphatic rings. The Kier molecular flexibility index (Phi) is 6.31. The molecule has 2 aromatic carbocycles. The minimum absolute atomic E-state index is 0.0515. The van der Waals surface area contributed by atoms with Crippen LogP contribution < -0.4 is 15.0 Å². The molecule has 0 bridgehead atoms. The van der Waals surface area contributed by atoms with Gasteiger partial charge in [0.2, 0.25) is 5.91 Å². The molecule has 1 N–H and O–H groups in total. The number of fused-ring (bicyclic) bond motifs is 1. The normalized spacial score (nSPS) is 14.9. The van der Waals surface area contributed by atoms with E-state index >= 15 is 0 Å². The number of methoxy groups -OCH3 is 1. The van der Waals surface area contributed by atoms with Gasteiger partial charge in [-0.25, -0.2) is 0 Å². The number of nitrogens with zero attached hydrogens (tertiary/aromatic N) is 3. The molecule has 174 valence electrons. The van der Waals surface area contributed by atoms with E-state index < -0.39 is 6.04 Å². The molecule has 1 aliphatic heterocycles. The monoisotopic (exact) mass is 448 g/mol. The van der Waals surface area contributed by atoms with Crippen LogP contribution in [0, 0.1) is 13.8 Å². The first-order chi connectivity index (χ1) is 15.8. The van der Waals surface area contributed by atoms with Crippen molar-refractivity contribution in [3.05, 3.63) is 59.3 Å². The second kappa shape index (κ2) is 9.17. The number of amides is 2. The fourth-order valence-electron chi connectivity index (χ4n) is 4.52. The summed E-state index contributed by atoms with van der Waals surface area (Å²) in [7, 11) is 3.47. The molecule has 33 heavy (non-hydrogen) atoms. The van der Waals surface area contributed by atoms with Gasteiger partial charge in [-0.2, -0.15) is 0 Å². The van der Waals surface area contributed by atoms with Crippen molar-refractivity contribution >= 4 is 28.4 Å². The highest BCUT2D eigenvalue weighted by Crippen LogP contribution is 2.25. The second-order valence-electron chi connectivity index (χ2n) is 8.74. The fourth-order valence-corrected chi connectivity index (χ4v) is 4.52. The van der Waals surface area contributed by atoms with Gasteiger partial charge in [0.25, 0.3) is 5.91 Å². The van der Waals surface area contributed by atoms with Gasteiger partial charge in [0.1, 0.15) is 17.5 Å². The number of hydrogen-bond donors (Lipinski definition) is 1. The molecule has 7 heteroatoms. The number of benzene rings is 2. The molecule has 0 spiro atoms. The van der Waals surface area contributed by atoms with Crippen LogP contribution in [0.5, 0.6) is 5.75 Å². The second-order valence-corrected chi connectivity index (χ2v) is 8.74. The van der Waals surface area contributed by atoms with Gasteiger partial charge in [-0.1, -0.05) is 12.1 Å². The number of carbonyl (C=O) groups excluding carboxylic acids is 2. The molecular formula is C26H32N4O3. The molecule has 1 atom stereocenters. The van der Waals surface area contributed by atoms with Crippen LogP contribution >= 0.6 is 0 Å². The predicted octanol–water partition coefficient (Wildman–Crippen LogP) is 3.27. The Balaban J connectivity index is 1.39. The average molecular weight is 449 g/mol. The van der Waals surface area contributed by atoms with Crippen molar-refractivity contribution in [3.63, 3.8) is 0 Å². The van der Waals surface area contributed by atoms with Crippen molar-refractivity contribution in [3.8, 4) is 5.75 Å². The summed E-state index contributed by atoms with van der Waals surface area (Å²) in [6.07, 6.45) is 0. The molecule has 1 aromatic heterocycles. The Morgan fingerprint density at radius 3 is 2.45 bits per heavy atom. The van der Waals surface area contributed by atoms with Gasteiger partial charge in [-0.15, -0.1) is 0 Å². The predicted molar refractivity (Wildman–Crippen MR) is 131 cm³/mol. The molecule has 3 aromatic rings. The van der Waals surface area contributed by atoms with Crippen LogP contribution in [0.4, 0.5) is 5.69 Å². The van der Waals surface area contributed by atoms with Crippen molar-refractivity contribution in [2.75, 3.05) is 38.2 Å². The third-order valence-corrected chi connectivity index (χ3v) is 6.71. The molecule has 1 fully saturated rings. The lowest BCUT2D eigenvalue weighted by Gasteiger charge is -2.38. The van der Waals surface area contributed by atoms with Gasteiger partial charge in [-0.3, -0.25) is 9.59 Å². The van der Waals surface area contributed by atoms with Crippen molar-refractivity contribution in [2.45, 2.75) is 26.8 Å². The Morgan fingerprint density at radius 2 is 1.76 bits per heavy atom. The highest BCUT2D eigenvalue weighted by atomic mass is 16.5. The number of ether oxygens (including phenoxy) is 1. The van der Waals surface area contributed by atoms with Crippen LogP contribution in [0.25, 0.3) is 10.9 Å². The maximum atomic E-state index is 13.0. The van der Waals surface area contributed by atoms with E-state index in [1.807, 2.05) is 40.8 Å². The maximum Gasteiger partial charge on any atom is 0.268 e. The van der Waals surface area contributed by atoms with Crippen LogP contribution in [0.2, 0.25) is 0 Å². The SMILES string of the molecule is COc1ccc2c(c1)cc(C(=O)NC(C)C(=O)N1CCN(c3cccc(C)c3C)CC1)n2C. The van der Waals surface area contributed by atoms with Gasteiger partial charge in [0.15, 0.2) is 0 Å². The Labute approximate surface area is 194 Å². The Morgan fingerprint density at radius 1 is 1.03 bits per heavy atom. The van der Waals surface area contributed by atoms with E-state index in [-0.39, 0.29) is 11.8 Å². The molecule has 4 rings (SSSR count). The molecule has 2 amide bonds. The summed E-state index contributed by atoms with van der Waals surface area (Å²) in [6.45, 7) is 8.85. The average Bonchev–Trinajstić information content (AvgIpc) is 3.16. The summed E-state index contributed by atoms with van der Waals surface area (Å²) in [4.78, 5) is 30.2. The summed E-state index contributed by atoms with van der Waals surface area (Å²) in [5, 5.41) is 3.81. The number of aryl methyl sites for hydroxylation is 2. The quantitative estimate of drug-likeness (QED) is 0.651. The molecule has 0 aliphatic carbocycles. The van der Waals surface area contributed by atoms with Gasteiger partial charge in [0, 0.05) is 49.8 Å². The first-order valence-electron chi connectivity index (χ1n) is 11.3. The zero-order valence-electron chi connectivity index (χ0n) is 20.0. The van der Waals surface area contributed by atoms with Crippen molar-refractivity contribution in [1.82, 2.24) is 14.8 Å². The zero-order valence-corrected chi connectivity index (χ0v) is 20.0. The third-order valence-electron chi connectivity index (χ3n) is 6.71. The standard InChI is InChI=1S/C26H32N4O3/c1-17-7-6-8-22(18(17)2)29-11-13-30(14-12-29)26(32)19(3)27-25(31)24-16-20-15-21(33-5)9-10-23(20)28(24)4/h6-10,15-16,19H,11-14H2,1-5H3,(H,27,31). The zero-order chi connectivity index (χ0) is 23.7. The molecule has 0 saturated carbocycles. The number of nitrogens with one attached hydrogen (secondary N) is 1. The lowest BCUT2D eigenvalue weighted by Crippen LogP contribution is -2.54. The Bertz CT molecular complexity index is 1190. The summed E-state index contributed by atoms with van der Waals surface area (Å²) < 4.78 is 7.12. The van der Waals surface area contributed by atoms with Gasteiger partial charge >= 0.3 is 0 Å². The minimum Gasteiger partial charge on any atom is -0.497 e. The van der Waals surface area contributed by atoms with Crippen molar-refractivity contribution in [2.24, 2.45) is 7.05 Å². The summed E-state index contributed by atoms with van der Waals surface area (Å²) in [5.74, 6) is 0.426. The number of rotatable bonds is 5. The molecular weight excluding hydrogens is 416 g/mol. The van der Waals surface area contributed by atoms with Gasteiger partial charge in [-0.05, 0) is 62.2 Å². The van der Waals surface area contributed by atoms with Crippen LogP contribution in [0.15, 0.2) is 42.5 Å². The fraction of sp³-hybridized carbons (Fsp3) is 0.385. The Hall–Kier alpha value is -3.48. The van der Waals surface area contributed by atoms with Crippen LogP contribution in [0.3, 0.4) is 0 Å². The third kappa shape index (κ3) is 4.40. The smallest absolute Gasteiger partial charge is 0.268 e. The summed E-state index contributed by atoms with van der Waals surface area (Å²) >= 11 is 0.